The summed E-state index contributed by atoms with van der Waals surface area (Å²) in [4.78, 5) is 12.6. The predicted molar refractivity (Wildman–Crippen MR) is 124 cm³/mol. The van der Waals surface area contributed by atoms with Crippen molar-refractivity contribution in [2.75, 3.05) is 5.32 Å². The Balaban J connectivity index is 1.40. The predicted octanol–water partition coefficient (Wildman–Crippen LogP) is 6.97. The molecule has 0 saturated heterocycles. The third-order valence-corrected chi connectivity index (χ3v) is 6.06. The maximum absolute atomic E-state index is 12.6. The maximum atomic E-state index is 12.6. The van der Waals surface area contributed by atoms with Crippen LogP contribution in [0.2, 0.25) is 0 Å². The van der Waals surface area contributed by atoms with Crippen LogP contribution in [0, 0.1) is 0 Å². The summed E-state index contributed by atoms with van der Waals surface area (Å²) in [6.45, 7) is 4.57. The Labute approximate surface area is 177 Å². The van der Waals surface area contributed by atoms with Crippen LogP contribution in [0.1, 0.15) is 40.9 Å². The second kappa shape index (κ2) is 7.00. The van der Waals surface area contributed by atoms with E-state index in [0.717, 1.165) is 11.4 Å². The second-order valence-electron chi connectivity index (χ2n) is 8.33. The standard InChI is InChI=1S/C28H23NO/c1-28(2)25-11-7-6-10-23(25)24-17-16-22(18-26(24)28)29-21-14-12-20(13-15-21)27(30)19-8-4-3-5-9-19/h3-18,29H,1-2H3. The lowest BCUT2D eigenvalue weighted by molar-refractivity contribution is 0.103. The fraction of sp³-hybridized carbons (Fsp3) is 0.107. The molecule has 4 aromatic rings. The Morgan fingerprint density at radius 3 is 2.00 bits per heavy atom. The van der Waals surface area contributed by atoms with Crippen molar-refractivity contribution in [2.24, 2.45) is 0 Å². The monoisotopic (exact) mass is 389 g/mol. The third kappa shape index (κ3) is 3.02. The molecule has 0 aliphatic heterocycles. The molecule has 2 heteroatoms. The molecule has 0 radical (unpaired) electrons. The first-order chi connectivity index (χ1) is 14.5. The van der Waals surface area contributed by atoms with Crippen molar-refractivity contribution in [1.82, 2.24) is 0 Å². The number of ketones is 1. The molecule has 0 heterocycles. The van der Waals surface area contributed by atoms with Crippen LogP contribution in [-0.2, 0) is 5.41 Å². The number of hydrogen-bond donors (Lipinski definition) is 1. The fourth-order valence-electron chi connectivity index (χ4n) is 4.41. The number of hydrogen-bond acceptors (Lipinski definition) is 2. The van der Waals surface area contributed by atoms with Gasteiger partial charge < -0.3 is 5.32 Å². The van der Waals surface area contributed by atoms with Crippen molar-refractivity contribution < 1.29 is 4.79 Å². The van der Waals surface area contributed by atoms with E-state index in [1.165, 1.54) is 22.3 Å². The number of anilines is 2. The number of rotatable bonds is 4. The number of fused-ring (bicyclic) bond motifs is 3. The van der Waals surface area contributed by atoms with Gasteiger partial charge in [-0.15, -0.1) is 0 Å². The first kappa shape index (κ1) is 18.4. The van der Waals surface area contributed by atoms with Gasteiger partial charge in [0.15, 0.2) is 5.78 Å². The summed E-state index contributed by atoms with van der Waals surface area (Å²) in [6.07, 6.45) is 0. The van der Waals surface area contributed by atoms with Gasteiger partial charge in [0.1, 0.15) is 0 Å². The first-order valence-electron chi connectivity index (χ1n) is 10.3. The van der Waals surface area contributed by atoms with E-state index in [-0.39, 0.29) is 11.2 Å². The van der Waals surface area contributed by atoms with Gasteiger partial charge in [0.25, 0.3) is 0 Å². The lowest BCUT2D eigenvalue weighted by Crippen LogP contribution is -2.15. The molecule has 0 fully saturated rings. The van der Waals surface area contributed by atoms with Crippen molar-refractivity contribution in [3.63, 3.8) is 0 Å². The highest BCUT2D eigenvalue weighted by atomic mass is 16.1. The zero-order valence-corrected chi connectivity index (χ0v) is 17.1. The second-order valence-corrected chi connectivity index (χ2v) is 8.33. The molecule has 1 aliphatic carbocycles. The van der Waals surface area contributed by atoms with Crippen LogP contribution in [0.25, 0.3) is 11.1 Å². The van der Waals surface area contributed by atoms with Gasteiger partial charge in [-0.05, 0) is 58.7 Å². The molecule has 4 aromatic carbocycles. The number of benzene rings is 4. The fourth-order valence-corrected chi connectivity index (χ4v) is 4.41. The van der Waals surface area contributed by atoms with Crippen molar-refractivity contribution in [2.45, 2.75) is 19.3 Å². The molecule has 1 N–H and O–H groups in total. The quantitative estimate of drug-likeness (QED) is 0.382. The molecule has 0 bridgehead atoms. The average molecular weight is 389 g/mol. The lowest BCUT2D eigenvalue weighted by Gasteiger charge is -2.22. The molecular weight excluding hydrogens is 366 g/mol. The highest BCUT2D eigenvalue weighted by Gasteiger charge is 2.35. The summed E-state index contributed by atoms with van der Waals surface area (Å²) in [6, 6.07) is 32.3. The van der Waals surface area contributed by atoms with Gasteiger partial charge in [0.05, 0.1) is 0 Å². The lowest BCUT2D eigenvalue weighted by atomic mass is 9.82. The smallest absolute Gasteiger partial charge is 0.193 e. The van der Waals surface area contributed by atoms with Crippen LogP contribution in [0.4, 0.5) is 11.4 Å². The van der Waals surface area contributed by atoms with Crippen LogP contribution < -0.4 is 5.32 Å². The summed E-state index contributed by atoms with van der Waals surface area (Å²) in [7, 11) is 0. The Hall–Kier alpha value is -3.65. The summed E-state index contributed by atoms with van der Waals surface area (Å²) in [5.41, 5.74) is 8.75. The Morgan fingerprint density at radius 2 is 1.23 bits per heavy atom. The van der Waals surface area contributed by atoms with E-state index >= 15 is 0 Å². The van der Waals surface area contributed by atoms with Crippen LogP contribution >= 0.6 is 0 Å². The third-order valence-electron chi connectivity index (χ3n) is 6.06. The van der Waals surface area contributed by atoms with E-state index in [1.807, 2.05) is 54.6 Å². The van der Waals surface area contributed by atoms with E-state index in [1.54, 1.807) is 0 Å². The van der Waals surface area contributed by atoms with Crippen LogP contribution in [0.3, 0.4) is 0 Å². The minimum absolute atomic E-state index is 0.0183. The molecule has 0 atom stereocenters. The van der Waals surface area contributed by atoms with Gasteiger partial charge in [-0.1, -0.05) is 74.5 Å². The summed E-state index contributed by atoms with van der Waals surface area (Å²) >= 11 is 0. The van der Waals surface area contributed by atoms with E-state index in [2.05, 4.69) is 61.6 Å². The number of carbonyl (C=O) groups excluding carboxylic acids is 1. The minimum Gasteiger partial charge on any atom is -0.356 e. The van der Waals surface area contributed by atoms with E-state index in [0.29, 0.717) is 11.1 Å². The first-order valence-corrected chi connectivity index (χ1v) is 10.3. The molecule has 30 heavy (non-hydrogen) atoms. The van der Waals surface area contributed by atoms with Crippen LogP contribution in [-0.4, -0.2) is 5.78 Å². The van der Waals surface area contributed by atoms with E-state index in [9.17, 15) is 4.79 Å². The zero-order valence-electron chi connectivity index (χ0n) is 17.1. The van der Waals surface area contributed by atoms with E-state index < -0.39 is 0 Å². The highest BCUT2D eigenvalue weighted by Crippen LogP contribution is 2.49. The van der Waals surface area contributed by atoms with Gasteiger partial charge in [-0.2, -0.15) is 0 Å². The largest absolute Gasteiger partial charge is 0.356 e. The molecule has 0 saturated carbocycles. The molecule has 0 aromatic heterocycles. The molecule has 0 spiro atoms. The van der Waals surface area contributed by atoms with Gasteiger partial charge >= 0.3 is 0 Å². The Morgan fingerprint density at radius 1 is 0.633 bits per heavy atom. The molecular formula is C28H23NO. The molecule has 146 valence electrons. The molecule has 1 aliphatic rings. The van der Waals surface area contributed by atoms with Gasteiger partial charge in [0.2, 0.25) is 0 Å². The molecule has 2 nitrogen and oxygen atoms in total. The van der Waals surface area contributed by atoms with Gasteiger partial charge in [-0.3, -0.25) is 4.79 Å². The van der Waals surface area contributed by atoms with Crippen LogP contribution in [0.15, 0.2) is 97.1 Å². The zero-order chi connectivity index (χ0) is 20.7. The van der Waals surface area contributed by atoms with Crippen LogP contribution in [0.5, 0.6) is 0 Å². The Bertz CT molecular complexity index is 1240. The van der Waals surface area contributed by atoms with Crippen molar-refractivity contribution in [3.05, 3.63) is 119 Å². The van der Waals surface area contributed by atoms with Gasteiger partial charge in [-0.25, -0.2) is 0 Å². The number of nitrogens with one attached hydrogen (secondary N) is 1. The molecule has 0 unspecified atom stereocenters. The Kier molecular flexibility index (Phi) is 4.29. The average Bonchev–Trinajstić information content (AvgIpc) is 3.01. The highest BCUT2D eigenvalue weighted by molar-refractivity contribution is 6.09. The maximum Gasteiger partial charge on any atom is 0.193 e. The minimum atomic E-state index is -0.0183. The summed E-state index contributed by atoms with van der Waals surface area (Å²) in [5, 5.41) is 3.49. The number of carbonyl (C=O) groups is 1. The molecule has 0 amide bonds. The topological polar surface area (TPSA) is 29.1 Å². The molecule has 5 rings (SSSR count). The summed E-state index contributed by atoms with van der Waals surface area (Å²) in [5.74, 6) is 0.0409. The van der Waals surface area contributed by atoms with E-state index in [4.69, 9.17) is 0 Å². The normalized spacial score (nSPS) is 13.4. The van der Waals surface area contributed by atoms with Crippen molar-refractivity contribution >= 4 is 17.2 Å². The van der Waals surface area contributed by atoms with Crippen molar-refractivity contribution in [1.29, 1.82) is 0 Å². The van der Waals surface area contributed by atoms with Crippen molar-refractivity contribution in [3.8, 4) is 11.1 Å². The summed E-state index contributed by atoms with van der Waals surface area (Å²) < 4.78 is 0. The SMILES string of the molecule is CC1(C)c2ccccc2-c2ccc(Nc3ccc(C(=O)c4ccccc4)cc3)cc21. The van der Waals surface area contributed by atoms with Gasteiger partial charge in [0, 0.05) is 27.9 Å².